The SMILES string of the molecule is N/C(=N/O)c1cc(Br)ccc1NS(=O)(=O)C1CCOCC1. The molecule has 116 valence electrons. The number of anilines is 1. The summed E-state index contributed by atoms with van der Waals surface area (Å²) in [6.07, 6.45) is 0.898. The third-order valence-corrected chi connectivity index (χ3v) is 5.57. The molecular formula is C12H16BrN3O4S. The Bertz CT molecular complexity index is 642. The van der Waals surface area contributed by atoms with Gasteiger partial charge in [-0.2, -0.15) is 0 Å². The van der Waals surface area contributed by atoms with E-state index in [0.717, 1.165) is 0 Å². The van der Waals surface area contributed by atoms with Crippen LogP contribution in [0.5, 0.6) is 0 Å². The zero-order chi connectivity index (χ0) is 15.5. The van der Waals surface area contributed by atoms with Gasteiger partial charge in [0.15, 0.2) is 5.84 Å². The number of hydrogen-bond donors (Lipinski definition) is 3. The topological polar surface area (TPSA) is 114 Å². The molecule has 0 unspecified atom stereocenters. The minimum absolute atomic E-state index is 0.166. The van der Waals surface area contributed by atoms with Gasteiger partial charge in [0.2, 0.25) is 10.0 Å². The molecule has 4 N–H and O–H groups in total. The predicted molar refractivity (Wildman–Crippen MR) is 83.0 cm³/mol. The highest BCUT2D eigenvalue weighted by atomic mass is 79.9. The Morgan fingerprint density at radius 3 is 2.71 bits per heavy atom. The summed E-state index contributed by atoms with van der Waals surface area (Å²) in [7, 11) is -3.55. The minimum atomic E-state index is -3.55. The molecule has 0 radical (unpaired) electrons. The lowest BCUT2D eigenvalue weighted by Gasteiger charge is -2.23. The molecule has 0 saturated carbocycles. The van der Waals surface area contributed by atoms with E-state index >= 15 is 0 Å². The van der Waals surface area contributed by atoms with E-state index in [4.69, 9.17) is 15.7 Å². The van der Waals surface area contributed by atoms with Crippen LogP contribution in [-0.2, 0) is 14.8 Å². The minimum Gasteiger partial charge on any atom is -0.409 e. The van der Waals surface area contributed by atoms with Crippen molar-refractivity contribution in [3.05, 3.63) is 28.2 Å². The summed E-state index contributed by atoms with van der Waals surface area (Å²) in [5.74, 6) is -0.166. The van der Waals surface area contributed by atoms with E-state index in [9.17, 15) is 8.42 Å². The number of benzene rings is 1. The van der Waals surface area contributed by atoms with Gasteiger partial charge in [0.1, 0.15) is 0 Å². The summed E-state index contributed by atoms with van der Waals surface area (Å²) in [6.45, 7) is 0.859. The second-order valence-electron chi connectivity index (χ2n) is 4.63. The van der Waals surface area contributed by atoms with Crippen molar-refractivity contribution in [1.82, 2.24) is 0 Å². The summed E-state index contributed by atoms with van der Waals surface area (Å²) in [6, 6.07) is 4.82. The fraction of sp³-hybridized carbons (Fsp3) is 0.417. The molecule has 1 aromatic carbocycles. The van der Waals surface area contributed by atoms with Crippen LogP contribution in [0.25, 0.3) is 0 Å². The van der Waals surface area contributed by atoms with Crippen LogP contribution in [0.1, 0.15) is 18.4 Å². The number of amidine groups is 1. The molecule has 1 saturated heterocycles. The van der Waals surface area contributed by atoms with Gasteiger partial charge >= 0.3 is 0 Å². The quantitative estimate of drug-likeness (QED) is 0.318. The summed E-state index contributed by atoms with van der Waals surface area (Å²) >= 11 is 3.26. The van der Waals surface area contributed by atoms with Crippen molar-refractivity contribution in [1.29, 1.82) is 0 Å². The number of oxime groups is 1. The van der Waals surface area contributed by atoms with E-state index in [1.807, 2.05) is 0 Å². The van der Waals surface area contributed by atoms with E-state index in [0.29, 0.717) is 36.1 Å². The average Bonchev–Trinajstić information content (AvgIpc) is 2.49. The molecule has 7 nitrogen and oxygen atoms in total. The van der Waals surface area contributed by atoms with Crippen LogP contribution in [0.4, 0.5) is 5.69 Å². The lowest BCUT2D eigenvalue weighted by Crippen LogP contribution is -2.33. The van der Waals surface area contributed by atoms with Crippen molar-refractivity contribution in [3.8, 4) is 0 Å². The first kappa shape index (κ1) is 16.1. The molecule has 0 aromatic heterocycles. The Balaban J connectivity index is 2.30. The maximum absolute atomic E-state index is 12.4. The fourth-order valence-corrected chi connectivity index (χ4v) is 3.92. The van der Waals surface area contributed by atoms with Crippen molar-refractivity contribution < 1.29 is 18.4 Å². The number of nitrogens with one attached hydrogen (secondary N) is 1. The van der Waals surface area contributed by atoms with Gasteiger partial charge in [-0.3, -0.25) is 4.72 Å². The number of nitrogens with zero attached hydrogens (tertiary/aromatic N) is 1. The van der Waals surface area contributed by atoms with Crippen LogP contribution in [0.15, 0.2) is 27.8 Å². The van der Waals surface area contributed by atoms with Crippen molar-refractivity contribution in [2.75, 3.05) is 17.9 Å². The lowest BCUT2D eigenvalue weighted by molar-refractivity contribution is 0.0984. The van der Waals surface area contributed by atoms with E-state index in [2.05, 4.69) is 25.8 Å². The largest absolute Gasteiger partial charge is 0.409 e. The van der Waals surface area contributed by atoms with Gasteiger partial charge in [0.25, 0.3) is 0 Å². The van der Waals surface area contributed by atoms with Gasteiger partial charge < -0.3 is 15.7 Å². The Labute approximate surface area is 131 Å². The first-order chi connectivity index (χ1) is 9.94. The first-order valence-electron chi connectivity index (χ1n) is 6.31. The van der Waals surface area contributed by atoms with Crippen LogP contribution in [0, 0.1) is 0 Å². The van der Waals surface area contributed by atoms with Crippen LogP contribution in [0.2, 0.25) is 0 Å². The summed E-state index contributed by atoms with van der Waals surface area (Å²) in [4.78, 5) is 0. The summed E-state index contributed by atoms with van der Waals surface area (Å²) in [5.41, 5.74) is 6.17. The highest BCUT2D eigenvalue weighted by molar-refractivity contribution is 9.10. The normalized spacial score (nSPS) is 17.7. The molecule has 0 atom stereocenters. The number of halogens is 1. The molecule has 1 fully saturated rings. The van der Waals surface area contributed by atoms with Crippen molar-refractivity contribution in [2.24, 2.45) is 10.9 Å². The lowest BCUT2D eigenvalue weighted by atomic mass is 10.2. The average molecular weight is 378 g/mol. The molecule has 0 bridgehead atoms. The molecular weight excluding hydrogens is 362 g/mol. The Hall–Kier alpha value is -1.32. The van der Waals surface area contributed by atoms with Crippen LogP contribution < -0.4 is 10.5 Å². The maximum Gasteiger partial charge on any atom is 0.235 e. The van der Waals surface area contributed by atoms with Gasteiger partial charge in [-0.15, -0.1) is 0 Å². The molecule has 1 aromatic rings. The Morgan fingerprint density at radius 1 is 1.43 bits per heavy atom. The standard InChI is InChI=1S/C12H16BrN3O4S/c13-8-1-2-11(10(7-8)12(14)15-17)16-21(18,19)9-3-5-20-6-4-9/h1-2,7,9,16-17H,3-6H2,(H2,14,15). The molecule has 0 amide bonds. The fourth-order valence-electron chi connectivity index (χ4n) is 2.09. The number of ether oxygens (including phenoxy) is 1. The molecule has 9 heteroatoms. The second-order valence-corrected chi connectivity index (χ2v) is 7.51. The van der Waals surface area contributed by atoms with E-state index in [1.54, 1.807) is 18.2 Å². The van der Waals surface area contributed by atoms with Crippen LogP contribution >= 0.6 is 15.9 Å². The van der Waals surface area contributed by atoms with Gasteiger partial charge in [0.05, 0.1) is 10.9 Å². The van der Waals surface area contributed by atoms with Crippen LogP contribution in [0.3, 0.4) is 0 Å². The van der Waals surface area contributed by atoms with E-state index < -0.39 is 15.3 Å². The zero-order valence-corrected chi connectivity index (χ0v) is 13.5. The van der Waals surface area contributed by atoms with Crippen molar-refractivity contribution in [3.63, 3.8) is 0 Å². The molecule has 21 heavy (non-hydrogen) atoms. The molecule has 1 aliphatic heterocycles. The molecule has 0 aliphatic carbocycles. The third kappa shape index (κ3) is 3.86. The molecule has 1 heterocycles. The van der Waals surface area contributed by atoms with Gasteiger partial charge in [-0.25, -0.2) is 8.42 Å². The van der Waals surface area contributed by atoms with Crippen molar-refractivity contribution >= 4 is 37.5 Å². The number of sulfonamides is 1. The van der Waals surface area contributed by atoms with Gasteiger partial charge in [-0.05, 0) is 31.0 Å². The molecule has 0 spiro atoms. The smallest absolute Gasteiger partial charge is 0.235 e. The second kappa shape index (κ2) is 6.63. The van der Waals surface area contributed by atoms with Crippen LogP contribution in [-0.4, -0.2) is 37.9 Å². The maximum atomic E-state index is 12.4. The first-order valence-corrected chi connectivity index (χ1v) is 8.65. The van der Waals surface area contributed by atoms with Gasteiger partial charge in [0, 0.05) is 23.2 Å². The Kier molecular flexibility index (Phi) is 5.07. The summed E-state index contributed by atoms with van der Waals surface area (Å²) in [5, 5.41) is 11.2. The molecule has 1 aliphatic rings. The predicted octanol–water partition coefficient (Wildman–Crippen LogP) is 1.46. The van der Waals surface area contributed by atoms with E-state index in [1.165, 1.54) is 0 Å². The zero-order valence-electron chi connectivity index (χ0n) is 11.1. The molecule has 2 rings (SSSR count). The summed E-state index contributed by atoms with van der Waals surface area (Å²) < 4.78 is 33.1. The highest BCUT2D eigenvalue weighted by Crippen LogP contribution is 2.25. The number of rotatable bonds is 4. The number of nitrogens with two attached hydrogens (primary N) is 1. The third-order valence-electron chi connectivity index (χ3n) is 3.22. The Morgan fingerprint density at radius 2 is 2.10 bits per heavy atom. The van der Waals surface area contributed by atoms with Gasteiger partial charge in [-0.1, -0.05) is 21.1 Å². The van der Waals surface area contributed by atoms with Crippen molar-refractivity contribution in [2.45, 2.75) is 18.1 Å². The highest BCUT2D eigenvalue weighted by Gasteiger charge is 2.28. The van der Waals surface area contributed by atoms with E-state index in [-0.39, 0.29) is 11.5 Å². The monoisotopic (exact) mass is 377 g/mol. The number of hydrogen-bond acceptors (Lipinski definition) is 5.